The maximum atomic E-state index is 11.2. The van der Waals surface area contributed by atoms with Gasteiger partial charge in [-0.05, 0) is 12.2 Å². The van der Waals surface area contributed by atoms with Crippen LogP contribution in [0.5, 0.6) is 0 Å². The zero-order valence-electron chi connectivity index (χ0n) is 7.48. The molecule has 14 heavy (non-hydrogen) atoms. The Morgan fingerprint density at radius 3 is 3.14 bits per heavy atom. The number of nitrogens with one attached hydrogen (secondary N) is 1. The summed E-state index contributed by atoms with van der Waals surface area (Å²) < 4.78 is 4.58. The van der Waals surface area contributed by atoms with E-state index in [0.29, 0.717) is 11.4 Å². The number of carbonyl (C=O) groups is 2. The number of amides is 2. The van der Waals surface area contributed by atoms with Gasteiger partial charge in [0.1, 0.15) is 0 Å². The summed E-state index contributed by atoms with van der Waals surface area (Å²) in [6.07, 6.45) is 4.90. The number of rotatable bonds is 1. The lowest BCUT2D eigenvalue weighted by molar-refractivity contribution is -0.142. The Morgan fingerprint density at radius 2 is 2.43 bits per heavy atom. The first-order valence-electron chi connectivity index (χ1n) is 4.08. The fourth-order valence-electron chi connectivity index (χ4n) is 1.34. The van der Waals surface area contributed by atoms with Crippen molar-refractivity contribution >= 4 is 17.7 Å². The fourth-order valence-corrected chi connectivity index (χ4v) is 1.34. The van der Waals surface area contributed by atoms with Gasteiger partial charge in [-0.15, -0.1) is 0 Å². The van der Waals surface area contributed by atoms with Gasteiger partial charge >= 0.3 is 12.0 Å². The number of nitrogens with zero attached hydrogens (tertiary/aromatic N) is 1. The number of ether oxygens (including phenoxy) is 1. The van der Waals surface area contributed by atoms with E-state index in [0.717, 1.165) is 0 Å². The van der Waals surface area contributed by atoms with Crippen molar-refractivity contribution in [3.8, 4) is 0 Å². The summed E-state index contributed by atoms with van der Waals surface area (Å²) in [4.78, 5) is 25.7. The van der Waals surface area contributed by atoms with Crippen molar-refractivity contribution in [2.45, 2.75) is 0 Å². The Labute approximate surface area is 80.1 Å². The van der Waals surface area contributed by atoms with Crippen LogP contribution >= 0.6 is 0 Å². The van der Waals surface area contributed by atoms with E-state index >= 15 is 0 Å². The fraction of sp³-hybridized carbons (Fsp3) is 0.222. The van der Waals surface area contributed by atoms with E-state index in [9.17, 15) is 9.59 Å². The molecule has 72 valence electrons. The van der Waals surface area contributed by atoms with E-state index in [1.54, 1.807) is 18.2 Å². The number of carbonyl (C=O) groups excluding carboxylic acids is 2. The second-order valence-corrected chi connectivity index (χ2v) is 2.92. The third-order valence-corrected chi connectivity index (χ3v) is 2.02. The number of allylic oxidation sites excluding steroid dienone is 1. The topological polar surface area (TPSA) is 67.8 Å². The quantitative estimate of drug-likeness (QED) is 0.611. The van der Waals surface area contributed by atoms with Crippen molar-refractivity contribution < 1.29 is 14.3 Å². The molecular formula is C9H8N2O3. The van der Waals surface area contributed by atoms with Crippen LogP contribution in [-0.4, -0.2) is 24.8 Å². The van der Waals surface area contributed by atoms with Crippen molar-refractivity contribution in [2.75, 3.05) is 7.11 Å². The molecule has 2 rings (SSSR count). The molecule has 0 saturated carbocycles. The van der Waals surface area contributed by atoms with Crippen molar-refractivity contribution in [3.63, 3.8) is 0 Å². The van der Waals surface area contributed by atoms with Crippen LogP contribution in [-0.2, 0) is 9.53 Å². The first kappa shape index (κ1) is 8.68. The van der Waals surface area contributed by atoms with Gasteiger partial charge in [-0.25, -0.2) is 4.79 Å². The number of aliphatic imine (C=N–C) groups is 1. The molecule has 2 aliphatic rings. The van der Waals surface area contributed by atoms with Crippen molar-refractivity contribution in [1.82, 2.24) is 5.32 Å². The summed E-state index contributed by atoms with van der Waals surface area (Å²) >= 11 is 0. The van der Waals surface area contributed by atoms with E-state index in [1.807, 2.05) is 0 Å². The van der Waals surface area contributed by atoms with Crippen LogP contribution in [0.2, 0.25) is 0 Å². The second kappa shape index (κ2) is 3.10. The van der Waals surface area contributed by atoms with Gasteiger partial charge in [0.2, 0.25) is 0 Å². The van der Waals surface area contributed by atoms with Crippen molar-refractivity contribution in [1.29, 1.82) is 0 Å². The highest BCUT2D eigenvalue weighted by Gasteiger charge is 2.25. The van der Waals surface area contributed by atoms with Crippen molar-refractivity contribution in [3.05, 3.63) is 23.9 Å². The molecule has 1 unspecified atom stereocenters. The molecule has 0 spiro atoms. The van der Waals surface area contributed by atoms with Crippen molar-refractivity contribution in [2.24, 2.45) is 10.9 Å². The highest BCUT2D eigenvalue weighted by atomic mass is 16.5. The minimum Gasteiger partial charge on any atom is -0.468 e. The zero-order chi connectivity index (χ0) is 10.1. The van der Waals surface area contributed by atoms with Gasteiger partial charge in [-0.1, -0.05) is 6.08 Å². The van der Waals surface area contributed by atoms with Gasteiger partial charge in [-0.2, -0.15) is 4.99 Å². The molecule has 1 atom stereocenters. The summed E-state index contributed by atoms with van der Waals surface area (Å²) in [5, 5.41) is 2.52. The molecule has 0 fully saturated rings. The van der Waals surface area contributed by atoms with Gasteiger partial charge in [0, 0.05) is 0 Å². The molecule has 0 radical (unpaired) electrons. The van der Waals surface area contributed by atoms with E-state index in [1.165, 1.54) is 7.11 Å². The number of urea groups is 1. The molecule has 1 heterocycles. The van der Waals surface area contributed by atoms with E-state index < -0.39 is 11.9 Å². The van der Waals surface area contributed by atoms with Gasteiger partial charge in [0.25, 0.3) is 0 Å². The average molecular weight is 192 g/mol. The van der Waals surface area contributed by atoms with Crippen LogP contribution in [0.1, 0.15) is 0 Å². The maximum Gasteiger partial charge on any atom is 0.346 e. The van der Waals surface area contributed by atoms with Crippen LogP contribution in [0.4, 0.5) is 4.79 Å². The molecule has 0 bridgehead atoms. The smallest absolute Gasteiger partial charge is 0.346 e. The Hall–Kier alpha value is -1.91. The van der Waals surface area contributed by atoms with Gasteiger partial charge < -0.3 is 10.1 Å². The van der Waals surface area contributed by atoms with Crippen LogP contribution in [0.25, 0.3) is 0 Å². The SMILES string of the molecule is COC(=O)C1C=CC2=NC(=O)NC2=C1. The van der Waals surface area contributed by atoms with Gasteiger partial charge in [0.05, 0.1) is 24.4 Å². The van der Waals surface area contributed by atoms with E-state index in [-0.39, 0.29) is 5.97 Å². The Balaban J connectivity index is 2.25. The van der Waals surface area contributed by atoms with Crippen LogP contribution in [0.3, 0.4) is 0 Å². The standard InChI is InChI=1S/C9H8N2O3/c1-14-8(12)5-2-3-6-7(4-5)11-9(13)10-6/h2-5H,1H3,(H,11,13). The molecule has 0 aromatic carbocycles. The predicted octanol–water partition coefficient (Wildman–Crippen LogP) is 0.394. The van der Waals surface area contributed by atoms with E-state index in [2.05, 4.69) is 15.0 Å². The number of methoxy groups -OCH3 is 1. The normalized spacial score (nSPS) is 23.5. The number of hydrogen-bond donors (Lipinski definition) is 1. The molecule has 0 aromatic rings. The first-order chi connectivity index (χ1) is 6.70. The molecular weight excluding hydrogens is 184 g/mol. The monoisotopic (exact) mass is 192 g/mol. The Morgan fingerprint density at radius 1 is 1.64 bits per heavy atom. The lowest BCUT2D eigenvalue weighted by atomic mass is 10.0. The summed E-state index contributed by atoms with van der Waals surface area (Å²) in [7, 11) is 1.32. The molecule has 0 saturated heterocycles. The number of hydrogen-bond acceptors (Lipinski definition) is 3. The van der Waals surface area contributed by atoms with Gasteiger partial charge in [0.15, 0.2) is 0 Å². The molecule has 1 aliphatic carbocycles. The number of esters is 1. The lowest BCUT2D eigenvalue weighted by Crippen LogP contribution is -2.21. The zero-order valence-corrected chi connectivity index (χ0v) is 7.48. The predicted molar refractivity (Wildman–Crippen MR) is 48.7 cm³/mol. The van der Waals surface area contributed by atoms with Crippen LogP contribution in [0, 0.1) is 5.92 Å². The lowest BCUT2D eigenvalue weighted by Gasteiger charge is -2.11. The summed E-state index contributed by atoms with van der Waals surface area (Å²) in [5.74, 6) is -0.790. The molecule has 5 nitrogen and oxygen atoms in total. The summed E-state index contributed by atoms with van der Waals surface area (Å²) in [5.41, 5.74) is 1.14. The maximum absolute atomic E-state index is 11.2. The molecule has 1 aliphatic heterocycles. The molecule has 0 aromatic heterocycles. The Bertz CT molecular complexity index is 393. The average Bonchev–Trinajstić information content (AvgIpc) is 2.55. The third kappa shape index (κ3) is 1.32. The minimum atomic E-state index is -0.438. The third-order valence-electron chi connectivity index (χ3n) is 2.02. The van der Waals surface area contributed by atoms with E-state index in [4.69, 9.17) is 0 Å². The first-order valence-corrected chi connectivity index (χ1v) is 4.08. The summed E-state index contributed by atoms with van der Waals surface area (Å²) in [6.45, 7) is 0. The van der Waals surface area contributed by atoms with Gasteiger partial charge in [-0.3, -0.25) is 4.79 Å². The highest BCUT2D eigenvalue weighted by Crippen LogP contribution is 2.17. The molecule has 5 heteroatoms. The molecule has 2 amide bonds. The molecule has 1 N–H and O–H groups in total. The summed E-state index contributed by atoms with van der Waals surface area (Å²) in [6, 6.07) is -0.401. The highest BCUT2D eigenvalue weighted by molar-refractivity contribution is 6.19. The van der Waals surface area contributed by atoms with Crippen LogP contribution in [0.15, 0.2) is 28.9 Å². The second-order valence-electron chi connectivity index (χ2n) is 2.92. The largest absolute Gasteiger partial charge is 0.468 e. The minimum absolute atomic E-state index is 0.353. The number of fused-ring (bicyclic) bond motifs is 1. The Kier molecular flexibility index (Phi) is 1.92. The van der Waals surface area contributed by atoms with Crippen LogP contribution < -0.4 is 5.32 Å².